The van der Waals surface area contributed by atoms with Gasteiger partial charge in [0.25, 0.3) is 5.91 Å². The summed E-state index contributed by atoms with van der Waals surface area (Å²) < 4.78 is 7.52. The summed E-state index contributed by atoms with van der Waals surface area (Å²) in [5.74, 6) is 0.314. The van der Waals surface area contributed by atoms with Crippen LogP contribution in [0.2, 0.25) is 0 Å². The lowest BCUT2D eigenvalue weighted by Gasteiger charge is -2.50. The van der Waals surface area contributed by atoms with Crippen LogP contribution in [-0.2, 0) is 9.53 Å². The second-order valence-corrected chi connectivity index (χ2v) is 20.9. The summed E-state index contributed by atoms with van der Waals surface area (Å²) in [4.78, 5) is 17.2. The first kappa shape index (κ1) is 52.5. The highest BCUT2D eigenvalue weighted by Crippen LogP contribution is 2.51. The van der Waals surface area contributed by atoms with Crippen molar-refractivity contribution >= 4 is 5.91 Å². The van der Waals surface area contributed by atoms with Gasteiger partial charge < -0.3 is 15.0 Å². The highest BCUT2D eigenvalue weighted by molar-refractivity contribution is 5.88. The van der Waals surface area contributed by atoms with Gasteiger partial charge in [-0.1, -0.05) is 233 Å². The van der Waals surface area contributed by atoms with Crippen LogP contribution in [0, 0.1) is 0 Å². The van der Waals surface area contributed by atoms with E-state index in [0.29, 0.717) is 5.91 Å². The SMILES string of the molecule is CCCCCCCCCCCCCCCCCCC1(CCCCCCCCCCCCCCCCCC)OC2(CC(C)(C)NC(C)(C)C2)C(=O)N1CCCCCC. The Labute approximate surface area is 358 Å². The monoisotopic (exact) mass is 801 g/mol. The molecule has 2 aliphatic rings. The van der Waals surface area contributed by atoms with Gasteiger partial charge in [0, 0.05) is 30.5 Å². The highest BCUT2D eigenvalue weighted by atomic mass is 16.6. The van der Waals surface area contributed by atoms with Crippen molar-refractivity contribution in [1.82, 2.24) is 10.2 Å². The molecule has 57 heavy (non-hydrogen) atoms. The molecule has 0 atom stereocenters. The summed E-state index contributed by atoms with van der Waals surface area (Å²) >= 11 is 0. The quantitative estimate of drug-likeness (QED) is 0.0630. The first-order chi connectivity index (χ1) is 27.6. The fraction of sp³-hybridized carbons (Fsp3) is 0.981. The van der Waals surface area contributed by atoms with Crippen molar-refractivity contribution < 1.29 is 9.53 Å². The zero-order valence-electron chi connectivity index (χ0n) is 40.3. The molecule has 338 valence electrons. The fourth-order valence-corrected chi connectivity index (χ4v) is 11.0. The number of amides is 1. The van der Waals surface area contributed by atoms with Gasteiger partial charge in [0.05, 0.1) is 0 Å². The molecule has 0 radical (unpaired) electrons. The molecule has 2 aliphatic heterocycles. The molecule has 1 spiro atoms. The number of unbranched alkanes of at least 4 members (excludes halogenated alkanes) is 33. The number of ether oxygens (including phenoxy) is 1. The Balaban J connectivity index is 1.87. The summed E-state index contributed by atoms with van der Waals surface area (Å²) in [6.07, 6.45) is 52.8. The third-order valence-corrected chi connectivity index (χ3v) is 13.7. The van der Waals surface area contributed by atoms with Gasteiger partial charge in [-0.25, -0.2) is 0 Å². The molecular formula is C53H104N2O2. The van der Waals surface area contributed by atoms with Crippen LogP contribution in [0.4, 0.5) is 0 Å². The van der Waals surface area contributed by atoms with Crippen molar-refractivity contribution in [3.63, 3.8) is 0 Å². The molecule has 0 saturated carbocycles. The van der Waals surface area contributed by atoms with Gasteiger partial charge in [-0.3, -0.25) is 4.79 Å². The van der Waals surface area contributed by atoms with E-state index in [1.165, 1.54) is 225 Å². The van der Waals surface area contributed by atoms with Crippen molar-refractivity contribution in [2.24, 2.45) is 0 Å². The summed E-state index contributed by atoms with van der Waals surface area (Å²) in [5.41, 5.74) is -1.40. The Hall–Kier alpha value is -0.610. The standard InChI is InChI=1S/C53H104N2O2/c1-8-11-14-17-19-21-23-25-27-29-31-33-35-37-39-41-44-53(45-42-40-38-36-34-32-30-28-26-24-22-20-18-15-12-9-2)55(46-43-16-13-10-3)49(56)52(57-53)47-50(4,5)54-51(6,7)48-52/h54H,8-48H2,1-7H3. The Morgan fingerprint density at radius 3 is 0.982 bits per heavy atom. The van der Waals surface area contributed by atoms with Crippen LogP contribution in [0.1, 0.15) is 305 Å². The van der Waals surface area contributed by atoms with Crippen LogP contribution >= 0.6 is 0 Å². The maximum absolute atomic E-state index is 14.9. The smallest absolute Gasteiger partial charge is 0.257 e. The minimum atomic E-state index is -0.701. The molecule has 0 bridgehead atoms. The predicted octanol–water partition coefficient (Wildman–Crippen LogP) is 17.1. The topological polar surface area (TPSA) is 41.6 Å². The van der Waals surface area contributed by atoms with Gasteiger partial charge in [-0.2, -0.15) is 0 Å². The molecular weight excluding hydrogens is 697 g/mol. The molecule has 0 aromatic heterocycles. The zero-order valence-corrected chi connectivity index (χ0v) is 40.3. The Morgan fingerprint density at radius 2 is 0.684 bits per heavy atom. The van der Waals surface area contributed by atoms with Crippen molar-refractivity contribution in [3.05, 3.63) is 0 Å². The van der Waals surface area contributed by atoms with Crippen LogP contribution in [-0.4, -0.2) is 39.8 Å². The van der Waals surface area contributed by atoms with Gasteiger partial charge in [-0.15, -0.1) is 0 Å². The number of rotatable bonds is 39. The second-order valence-electron chi connectivity index (χ2n) is 20.9. The van der Waals surface area contributed by atoms with E-state index in [9.17, 15) is 4.79 Å². The van der Waals surface area contributed by atoms with E-state index in [-0.39, 0.29) is 11.1 Å². The molecule has 2 saturated heterocycles. The lowest BCUT2D eigenvalue weighted by atomic mass is 9.72. The predicted molar refractivity (Wildman–Crippen MR) is 251 cm³/mol. The van der Waals surface area contributed by atoms with E-state index in [2.05, 4.69) is 58.7 Å². The van der Waals surface area contributed by atoms with Crippen molar-refractivity contribution in [3.8, 4) is 0 Å². The maximum atomic E-state index is 14.9. The number of piperidine rings is 1. The summed E-state index contributed by atoms with van der Waals surface area (Å²) in [7, 11) is 0. The van der Waals surface area contributed by atoms with Crippen LogP contribution in [0.15, 0.2) is 0 Å². The van der Waals surface area contributed by atoms with E-state index in [4.69, 9.17) is 4.74 Å². The Morgan fingerprint density at radius 1 is 0.421 bits per heavy atom. The van der Waals surface area contributed by atoms with Gasteiger partial charge in [0.15, 0.2) is 5.60 Å². The summed E-state index contributed by atoms with van der Waals surface area (Å²) in [5, 5.41) is 3.86. The first-order valence-electron chi connectivity index (χ1n) is 26.4. The molecule has 4 heteroatoms. The Kier molecular flexibility index (Phi) is 28.8. The zero-order chi connectivity index (χ0) is 41.6. The van der Waals surface area contributed by atoms with E-state index < -0.39 is 11.3 Å². The molecule has 2 rings (SSSR count). The minimum absolute atomic E-state index is 0.135. The maximum Gasteiger partial charge on any atom is 0.257 e. The molecule has 0 unspecified atom stereocenters. The summed E-state index contributed by atoms with van der Waals surface area (Å²) in [6.45, 7) is 16.9. The molecule has 0 aliphatic carbocycles. The first-order valence-corrected chi connectivity index (χ1v) is 26.4. The van der Waals surface area contributed by atoms with Gasteiger partial charge in [-0.05, 0) is 59.8 Å². The number of carbonyl (C=O) groups is 1. The van der Waals surface area contributed by atoms with E-state index in [0.717, 1.165) is 38.6 Å². The number of carbonyl (C=O) groups excluding carboxylic acids is 1. The highest BCUT2D eigenvalue weighted by Gasteiger charge is 2.64. The van der Waals surface area contributed by atoms with Crippen LogP contribution < -0.4 is 5.32 Å². The van der Waals surface area contributed by atoms with E-state index >= 15 is 0 Å². The molecule has 1 amide bonds. The van der Waals surface area contributed by atoms with Crippen molar-refractivity contribution in [2.75, 3.05) is 6.54 Å². The minimum Gasteiger partial charge on any atom is -0.339 e. The second kappa shape index (κ2) is 31.3. The number of nitrogens with zero attached hydrogens (tertiary/aromatic N) is 1. The third-order valence-electron chi connectivity index (χ3n) is 13.7. The largest absolute Gasteiger partial charge is 0.339 e. The Bertz CT molecular complexity index is 907. The molecule has 0 aromatic carbocycles. The van der Waals surface area contributed by atoms with Crippen LogP contribution in [0.25, 0.3) is 0 Å². The van der Waals surface area contributed by atoms with Crippen molar-refractivity contribution in [1.29, 1.82) is 0 Å². The van der Waals surface area contributed by atoms with E-state index in [1.807, 2.05) is 0 Å². The van der Waals surface area contributed by atoms with Gasteiger partial charge in [0.2, 0.25) is 0 Å². The molecule has 2 fully saturated rings. The average molecular weight is 801 g/mol. The number of hydrogen-bond donors (Lipinski definition) is 1. The normalized spacial score (nSPS) is 18.3. The molecule has 2 heterocycles. The van der Waals surface area contributed by atoms with Crippen LogP contribution in [0.3, 0.4) is 0 Å². The molecule has 1 N–H and O–H groups in total. The number of nitrogens with one attached hydrogen (secondary N) is 1. The van der Waals surface area contributed by atoms with Crippen LogP contribution in [0.5, 0.6) is 0 Å². The van der Waals surface area contributed by atoms with Gasteiger partial charge >= 0.3 is 0 Å². The molecule has 0 aromatic rings. The van der Waals surface area contributed by atoms with E-state index in [1.54, 1.807) is 0 Å². The average Bonchev–Trinajstić information content (AvgIpc) is 3.36. The number of hydrogen-bond acceptors (Lipinski definition) is 3. The molecule has 4 nitrogen and oxygen atoms in total. The fourth-order valence-electron chi connectivity index (χ4n) is 11.0. The third kappa shape index (κ3) is 22.7. The summed E-state index contributed by atoms with van der Waals surface area (Å²) in [6, 6.07) is 0. The lowest BCUT2D eigenvalue weighted by Crippen LogP contribution is -2.65. The van der Waals surface area contributed by atoms with Gasteiger partial charge in [0.1, 0.15) is 5.72 Å². The lowest BCUT2D eigenvalue weighted by molar-refractivity contribution is -0.176. The van der Waals surface area contributed by atoms with Crippen molar-refractivity contribution in [2.45, 2.75) is 328 Å².